The lowest BCUT2D eigenvalue weighted by Crippen LogP contribution is -2.47. The molecule has 0 saturated carbocycles. The molecule has 0 bridgehead atoms. The molecule has 0 unspecified atom stereocenters. The minimum absolute atomic E-state index is 0.128. The highest BCUT2D eigenvalue weighted by Crippen LogP contribution is 2.39. The highest BCUT2D eigenvalue weighted by Gasteiger charge is 2.34. The molecule has 1 saturated heterocycles. The first-order chi connectivity index (χ1) is 9.02. The van der Waals surface area contributed by atoms with Crippen molar-refractivity contribution in [2.75, 3.05) is 26.2 Å². The van der Waals surface area contributed by atoms with E-state index in [0.717, 1.165) is 12.1 Å². The van der Waals surface area contributed by atoms with Crippen molar-refractivity contribution < 1.29 is 18.3 Å². The largest absolute Gasteiger partial charge is 0.506 e. The Morgan fingerprint density at radius 3 is 2.47 bits per heavy atom. The van der Waals surface area contributed by atoms with Crippen molar-refractivity contribution in [3.8, 4) is 5.75 Å². The third-order valence-electron chi connectivity index (χ3n) is 3.19. The molecule has 19 heavy (non-hydrogen) atoms. The molecule has 0 spiro atoms. The highest BCUT2D eigenvalue weighted by atomic mass is 35.5. The first-order valence-electron chi connectivity index (χ1n) is 5.92. The van der Waals surface area contributed by atoms with E-state index in [-0.39, 0.29) is 5.02 Å². The van der Waals surface area contributed by atoms with Crippen LogP contribution in [0, 0.1) is 5.82 Å². The van der Waals surface area contributed by atoms with Crippen molar-refractivity contribution in [2.45, 2.75) is 12.5 Å². The summed E-state index contributed by atoms with van der Waals surface area (Å²) in [5, 5.41) is 12.7. The summed E-state index contributed by atoms with van der Waals surface area (Å²) in [6.07, 6.45) is -2.81. The average Bonchev–Trinajstić information content (AvgIpc) is 2.39. The van der Waals surface area contributed by atoms with E-state index in [1.54, 1.807) is 0 Å². The first kappa shape index (κ1) is 14.4. The second-order valence-electron chi connectivity index (χ2n) is 4.36. The molecule has 0 aliphatic carbocycles. The Balaban J connectivity index is 2.41. The van der Waals surface area contributed by atoms with Gasteiger partial charge in [0.05, 0.1) is 10.6 Å². The highest BCUT2D eigenvalue weighted by molar-refractivity contribution is 6.32. The number of benzene rings is 1. The minimum Gasteiger partial charge on any atom is -0.506 e. The van der Waals surface area contributed by atoms with Crippen LogP contribution in [0.4, 0.5) is 13.2 Å². The number of nitrogens with zero attached hydrogens (tertiary/aromatic N) is 1. The summed E-state index contributed by atoms with van der Waals surface area (Å²) in [4.78, 5) is 1.45. The van der Waals surface area contributed by atoms with Gasteiger partial charge in [-0.15, -0.1) is 0 Å². The van der Waals surface area contributed by atoms with E-state index in [1.165, 1.54) is 4.90 Å². The van der Waals surface area contributed by atoms with Crippen molar-refractivity contribution in [3.63, 3.8) is 0 Å². The summed E-state index contributed by atoms with van der Waals surface area (Å²) < 4.78 is 40.4. The van der Waals surface area contributed by atoms with Crippen LogP contribution in [0.3, 0.4) is 0 Å². The van der Waals surface area contributed by atoms with Crippen LogP contribution in [0.2, 0.25) is 5.02 Å². The fraction of sp³-hybridized carbons (Fsp3) is 0.500. The van der Waals surface area contributed by atoms with E-state index < -0.39 is 29.6 Å². The first-order valence-corrected chi connectivity index (χ1v) is 6.30. The molecule has 1 fully saturated rings. The Kier molecular flexibility index (Phi) is 4.54. The predicted octanol–water partition coefficient (Wildman–Crippen LogP) is 2.40. The maximum atomic E-state index is 13.8. The van der Waals surface area contributed by atoms with Crippen LogP contribution in [0.15, 0.2) is 12.1 Å². The van der Waals surface area contributed by atoms with Crippen LogP contribution in [0.25, 0.3) is 0 Å². The zero-order chi connectivity index (χ0) is 14.0. The standard InChI is InChI=1S/C12H14ClF3N2O/c13-7-1-2-8(14)9(11(7)19)10(12(15)16)18-5-3-17-4-6-18/h1-2,10,12,17,19H,3-6H2/t10-/m0/s1. The van der Waals surface area contributed by atoms with Gasteiger partial charge in [0.15, 0.2) is 0 Å². The quantitative estimate of drug-likeness (QED) is 0.898. The van der Waals surface area contributed by atoms with E-state index in [0.29, 0.717) is 26.2 Å². The Labute approximate surface area is 114 Å². The molecule has 1 aromatic carbocycles. The van der Waals surface area contributed by atoms with Gasteiger partial charge in [-0.2, -0.15) is 0 Å². The molecule has 0 radical (unpaired) electrons. The number of nitrogens with one attached hydrogen (secondary N) is 1. The second kappa shape index (κ2) is 5.98. The summed E-state index contributed by atoms with van der Waals surface area (Å²) in [5.41, 5.74) is -0.426. The molecule has 106 valence electrons. The van der Waals surface area contributed by atoms with Crippen LogP contribution in [-0.4, -0.2) is 42.6 Å². The Morgan fingerprint density at radius 2 is 1.89 bits per heavy atom. The van der Waals surface area contributed by atoms with Crippen LogP contribution < -0.4 is 5.32 Å². The molecular weight excluding hydrogens is 281 g/mol. The third-order valence-corrected chi connectivity index (χ3v) is 3.50. The molecule has 1 aromatic rings. The van der Waals surface area contributed by atoms with Gasteiger partial charge in [0.25, 0.3) is 6.43 Å². The number of halogens is 4. The summed E-state index contributed by atoms with van der Waals surface area (Å²) in [5.74, 6) is -1.48. The number of hydrogen-bond acceptors (Lipinski definition) is 3. The number of rotatable bonds is 3. The summed E-state index contributed by atoms with van der Waals surface area (Å²) >= 11 is 5.68. The van der Waals surface area contributed by atoms with Gasteiger partial charge in [-0.3, -0.25) is 4.90 Å². The van der Waals surface area contributed by atoms with Gasteiger partial charge in [-0.05, 0) is 12.1 Å². The number of phenols is 1. The Morgan fingerprint density at radius 1 is 1.26 bits per heavy atom. The molecule has 2 rings (SSSR count). The lowest BCUT2D eigenvalue weighted by molar-refractivity contribution is 0.0152. The molecule has 1 atom stereocenters. The van der Waals surface area contributed by atoms with Crippen LogP contribution in [0.5, 0.6) is 5.75 Å². The molecule has 2 N–H and O–H groups in total. The van der Waals surface area contributed by atoms with Gasteiger partial charge in [0.1, 0.15) is 17.6 Å². The van der Waals surface area contributed by atoms with Crippen LogP contribution in [0.1, 0.15) is 11.6 Å². The molecule has 0 amide bonds. The van der Waals surface area contributed by atoms with E-state index in [4.69, 9.17) is 11.6 Å². The Bertz CT molecular complexity index is 453. The lowest BCUT2D eigenvalue weighted by Gasteiger charge is -2.35. The average molecular weight is 295 g/mol. The van der Waals surface area contributed by atoms with Gasteiger partial charge >= 0.3 is 0 Å². The number of piperazine rings is 1. The van der Waals surface area contributed by atoms with E-state index in [9.17, 15) is 18.3 Å². The van der Waals surface area contributed by atoms with E-state index in [2.05, 4.69) is 5.32 Å². The molecule has 1 aliphatic heterocycles. The van der Waals surface area contributed by atoms with Gasteiger partial charge in [-0.25, -0.2) is 13.2 Å². The smallest absolute Gasteiger partial charge is 0.258 e. The predicted molar refractivity (Wildman–Crippen MR) is 66.3 cm³/mol. The van der Waals surface area contributed by atoms with E-state index in [1.807, 2.05) is 0 Å². The van der Waals surface area contributed by atoms with Crippen LogP contribution in [-0.2, 0) is 0 Å². The zero-order valence-electron chi connectivity index (χ0n) is 10.0. The van der Waals surface area contributed by atoms with Gasteiger partial charge in [0.2, 0.25) is 0 Å². The maximum absolute atomic E-state index is 13.8. The normalized spacial score (nSPS) is 18.8. The molecule has 3 nitrogen and oxygen atoms in total. The summed E-state index contributed by atoms with van der Waals surface area (Å²) in [6, 6.07) is 0.658. The van der Waals surface area contributed by atoms with Crippen LogP contribution >= 0.6 is 11.6 Å². The van der Waals surface area contributed by atoms with Crippen molar-refractivity contribution in [1.29, 1.82) is 0 Å². The fourth-order valence-corrected chi connectivity index (χ4v) is 2.43. The number of aromatic hydroxyl groups is 1. The summed E-state index contributed by atoms with van der Waals surface area (Å²) in [6.45, 7) is 1.82. The lowest BCUT2D eigenvalue weighted by atomic mass is 10.0. The van der Waals surface area contributed by atoms with Crippen molar-refractivity contribution in [1.82, 2.24) is 10.2 Å². The molecular formula is C12H14ClF3N2O. The van der Waals surface area contributed by atoms with Gasteiger partial charge < -0.3 is 10.4 Å². The van der Waals surface area contributed by atoms with Crippen molar-refractivity contribution >= 4 is 11.6 Å². The SMILES string of the molecule is Oc1c(Cl)ccc(F)c1[C@@H](C(F)F)N1CCNCC1. The minimum atomic E-state index is -2.81. The van der Waals surface area contributed by atoms with Gasteiger partial charge in [-0.1, -0.05) is 11.6 Å². The molecule has 1 heterocycles. The fourth-order valence-electron chi connectivity index (χ4n) is 2.27. The second-order valence-corrected chi connectivity index (χ2v) is 4.76. The number of alkyl halides is 2. The van der Waals surface area contributed by atoms with Crippen molar-refractivity contribution in [3.05, 3.63) is 28.5 Å². The third kappa shape index (κ3) is 2.96. The van der Waals surface area contributed by atoms with Gasteiger partial charge in [0, 0.05) is 26.2 Å². The van der Waals surface area contributed by atoms with Crippen molar-refractivity contribution in [2.24, 2.45) is 0 Å². The number of hydrogen-bond donors (Lipinski definition) is 2. The molecule has 7 heteroatoms. The monoisotopic (exact) mass is 294 g/mol. The summed E-state index contributed by atoms with van der Waals surface area (Å²) in [7, 11) is 0. The zero-order valence-corrected chi connectivity index (χ0v) is 10.8. The molecule has 0 aromatic heterocycles. The molecule has 1 aliphatic rings. The van der Waals surface area contributed by atoms with E-state index >= 15 is 0 Å². The Hall–Kier alpha value is -0.980. The maximum Gasteiger partial charge on any atom is 0.258 e. The topological polar surface area (TPSA) is 35.5 Å². The number of phenolic OH excluding ortho intramolecular Hbond substituents is 1.